The quantitative estimate of drug-likeness (QED) is 0.351. The summed E-state index contributed by atoms with van der Waals surface area (Å²) < 4.78 is 0.631. The van der Waals surface area contributed by atoms with Crippen LogP contribution in [-0.2, 0) is 0 Å². The summed E-state index contributed by atoms with van der Waals surface area (Å²) in [7, 11) is 2.30. The fraction of sp³-hybridized carbons (Fsp3) is 1.00. The number of halogens is 1. The molecular formula is C5H9BI. The minimum absolute atomic E-state index is 0.631. The molecule has 2 atom stereocenters. The summed E-state index contributed by atoms with van der Waals surface area (Å²) in [6.07, 6.45) is 1.39. The van der Waals surface area contributed by atoms with Gasteiger partial charge in [0.25, 0.3) is 0 Å². The molecule has 7 heavy (non-hydrogen) atoms. The minimum atomic E-state index is 0.631. The van der Waals surface area contributed by atoms with Gasteiger partial charge in [0, 0.05) is 3.42 Å². The van der Waals surface area contributed by atoms with Crippen molar-refractivity contribution in [2.24, 2.45) is 0 Å². The first-order valence-corrected chi connectivity index (χ1v) is 3.73. The molecule has 0 aromatic carbocycles. The molecule has 0 nitrogen and oxygen atoms in total. The van der Waals surface area contributed by atoms with Gasteiger partial charge in [-0.1, -0.05) is 42.2 Å². The standard InChI is InChI=1S/C5H9BI/c1-5(7)3-4(5)6-2/h4H,3H2,1-2H3. The third-order valence-electron chi connectivity index (χ3n) is 1.63. The fourth-order valence-corrected chi connectivity index (χ4v) is 1.67. The lowest BCUT2D eigenvalue weighted by molar-refractivity contribution is 1.10. The Labute approximate surface area is 59.4 Å². The Hall–Kier alpha value is 0.795. The van der Waals surface area contributed by atoms with Gasteiger partial charge >= 0.3 is 0 Å². The molecule has 1 saturated carbocycles. The van der Waals surface area contributed by atoms with Gasteiger partial charge in [0.05, 0.1) is 0 Å². The number of hydrogen-bond donors (Lipinski definition) is 0. The van der Waals surface area contributed by atoms with E-state index >= 15 is 0 Å². The molecule has 39 valence electrons. The summed E-state index contributed by atoms with van der Waals surface area (Å²) in [6.45, 7) is 4.45. The van der Waals surface area contributed by atoms with Crippen LogP contribution in [0.5, 0.6) is 0 Å². The van der Waals surface area contributed by atoms with Crippen LogP contribution in [0.25, 0.3) is 0 Å². The maximum atomic E-state index is 2.52. The van der Waals surface area contributed by atoms with Gasteiger partial charge in [-0.2, -0.15) is 0 Å². The van der Waals surface area contributed by atoms with Gasteiger partial charge in [0.1, 0.15) is 7.28 Å². The third kappa shape index (κ3) is 1.12. The Morgan fingerprint density at radius 3 is 2.29 bits per heavy atom. The van der Waals surface area contributed by atoms with Crippen molar-refractivity contribution in [1.82, 2.24) is 0 Å². The van der Waals surface area contributed by atoms with Crippen molar-refractivity contribution in [3.63, 3.8) is 0 Å². The second kappa shape index (κ2) is 1.64. The maximum Gasteiger partial charge on any atom is 0.111 e. The number of rotatable bonds is 1. The Morgan fingerprint density at radius 2 is 2.29 bits per heavy atom. The lowest BCUT2D eigenvalue weighted by atomic mass is 9.75. The van der Waals surface area contributed by atoms with Crippen molar-refractivity contribution in [3.8, 4) is 0 Å². The number of hydrogen-bond acceptors (Lipinski definition) is 0. The lowest BCUT2D eigenvalue weighted by Gasteiger charge is -1.92. The van der Waals surface area contributed by atoms with Crippen LogP contribution >= 0.6 is 22.6 Å². The summed E-state index contributed by atoms with van der Waals surface area (Å²) in [5.74, 6) is 0.910. The molecule has 0 heterocycles. The highest BCUT2D eigenvalue weighted by Crippen LogP contribution is 2.55. The molecule has 0 N–H and O–H groups in total. The molecule has 0 saturated heterocycles. The van der Waals surface area contributed by atoms with Crippen molar-refractivity contribution in [2.75, 3.05) is 0 Å². The monoisotopic (exact) mass is 207 g/mol. The molecule has 1 radical (unpaired) electrons. The second-order valence-electron chi connectivity index (χ2n) is 2.42. The molecule has 1 rings (SSSR count). The first kappa shape index (κ1) is 5.92. The molecule has 1 fully saturated rings. The Balaban J connectivity index is 2.30. The van der Waals surface area contributed by atoms with Crippen LogP contribution in [0.4, 0.5) is 0 Å². The minimum Gasteiger partial charge on any atom is -0.0917 e. The van der Waals surface area contributed by atoms with E-state index in [1.807, 2.05) is 0 Å². The normalized spacial score (nSPS) is 48.7. The highest BCUT2D eigenvalue weighted by Gasteiger charge is 2.45. The summed E-state index contributed by atoms with van der Waals surface area (Å²) in [5, 5.41) is 0. The van der Waals surface area contributed by atoms with Crippen molar-refractivity contribution in [2.45, 2.75) is 29.4 Å². The number of alkyl halides is 1. The van der Waals surface area contributed by atoms with E-state index in [0.717, 1.165) is 5.82 Å². The van der Waals surface area contributed by atoms with Crippen LogP contribution < -0.4 is 0 Å². The smallest absolute Gasteiger partial charge is 0.0917 e. The van der Waals surface area contributed by atoms with E-state index in [0.29, 0.717) is 3.42 Å². The predicted molar refractivity (Wildman–Crippen MR) is 42.4 cm³/mol. The van der Waals surface area contributed by atoms with Gasteiger partial charge in [0.2, 0.25) is 0 Å². The summed E-state index contributed by atoms with van der Waals surface area (Å²) in [4.78, 5) is 0. The van der Waals surface area contributed by atoms with Gasteiger partial charge < -0.3 is 0 Å². The third-order valence-corrected chi connectivity index (χ3v) is 2.87. The molecule has 2 unspecified atom stereocenters. The summed E-state index contributed by atoms with van der Waals surface area (Å²) in [6, 6.07) is 0. The zero-order valence-electron chi connectivity index (χ0n) is 4.74. The highest BCUT2D eigenvalue weighted by molar-refractivity contribution is 14.1. The zero-order valence-corrected chi connectivity index (χ0v) is 6.90. The SMILES string of the molecule is C[B]C1CC1(C)I. The molecule has 0 aromatic heterocycles. The van der Waals surface area contributed by atoms with Crippen molar-refractivity contribution >= 4 is 29.9 Å². The van der Waals surface area contributed by atoms with Gasteiger partial charge in [-0.05, 0) is 6.42 Å². The van der Waals surface area contributed by atoms with Gasteiger partial charge in [-0.15, -0.1) is 0 Å². The van der Waals surface area contributed by atoms with E-state index in [1.165, 1.54) is 6.42 Å². The molecule has 1 aliphatic rings. The second-order valence-corrected chi connectivity index (χ2v) is 4.89. The maximum absolute atomic E-state index is 2.52. The molecule has 0 aromatic rings. The van der Waals surface area contributed by atoms with E-state index < -0.39 is 0 Å². The van der Waals surface area contributed by atoms with Gasteiger partial charge in [0.15, 0.2) is 0 Å². The molecule has 0 bridgehead atoms. The van der Waals surface area contributed by atoms with Crippen molar-refractivity contribution < 1.29 is 0 Å². The summed E-state index contributed by atoms with van der Waals surface area (Å²) in [5.41, 5.74) is 0. The van der Waals surface area contributed by atoms with E-state index in [-0.39, 0.29) is 0 Å². The molecule has 2 heteroatoms. The van der Waals surface area contributed by atoms with E-state index in [2.05, 4.69) is 43.6 Å². The van der Waals surface area contributed by atoms with Gasteiger partial charge in [-0.3, -0.25) is 0 Å². The molecule has 1 aliphatic carbocycles. The van der Waals surface area contributed by atoms with Crippen LogP contribution in [0.3, 0.4) is 0 Å². The van der Waals surface area contributed by atoms with Crippen LogP contribution in [-0.4, -0.2) is 10.7 Å². The molecular weight excluding hydrogens is 198 g/mol. The Bertz CT molecular complexity index is 80.1. The van der Waals surface area contributed by atoms with Crippen LogP contribution in [0.1, 0.15) is 13.3 Å². The van der Waals surface area contributed by atoms with E-state index in [9.17, 15) is 0 Å². The zero-order chi connectivity index (χ0) is 5.49. The van der Waals surface area contributed by atoms with Crippen LogP contribution in [0.15, 0.2) is 0 Å². The molecule has 0 aliphatic heterocycles. The average molecular weight is 207 g/mol. The average Bonchev–Trinajstić information content (AvgIpc) is 2.13. The highest BCUT2D eigenvalue weighted by atomic mass is 127. The largest absolute Gasteiger partial charge is 0.111 e. The van der Waals surface area contributed by atoms with E-state index in [1.54, 1.807) is 0 Å². The Morgan fingerprint density at radius 1 is 1.86 bits per heavy atom. The van der Waals surface area contributed by atoms with Crippen molar-refractivity contribution in [3.05, 3.63) is 0 Å². The Kier molecular flexibility index (Phi) is 1.39. The summed E-state index contributed by atoms with van der Waals surface area (Å²) >= 11 is 2.52. The predicted octanol–water partition coefficient (Wildman–Crippen LogP) is 2.12. The van der Waals surface area contributed by atoms with Crippen LogP contribution in [0.2, 0.25) is 12.6 Å². The molecule has 0 spiro atoms. The first-order valence-electron chi connectivity index (χ1n) is 2.65. The molecule has 0 amide bonds. The van der Waals surface area contributed by atoms with Crippen LogP contribution in [0, 0.1) is 0 Å². The first-order chi connectivity index (χ1) is 3.17. The van der Waals surface area contributed by atoms with Crippen molar-refractivity contribution in [1.29, 1.82) is 0 Å². The lowest BCUT2D eigenvalue weighted by Crippen LogP contribution is -1.91. The topological polar surface area (TPSA) is 0 Å². The fourth-order valence-electron chi connectivity index (χ4n) is 0.836. The van der Waals surface area contributed by atoms with Gasteiger partial charge in [-0.25, -0.2) is 0 Å². The van der Waals surface area contributed by atoms with E-state index in [4.69, 9.17) is 0 Å².